The molecule has 2 bridgehead atoms. The summed E-state index contributed by atoms with van der Waals surface area (Å²) < 4.78 is 13.1. The highest BCUT2D eigenvalue weighted by Crippen LogP contribution is 2.60. The standard InChI is InChI=1S/C41H53BrN4O7/c1-7-11-18-32(48)43(6)27(5)35(28-16-13-12-14-17-28)52-40(51)33-34-38(49)46(24-15-25-47)37(41(34)26-31(42)36(33)53-41)39(50)45(23-8-2)30-21-19-29(20-22-30)44(9-3)10-4/h7-8,12-14,16-17,19-22,27,31,33-37,47H,1-2,9-11,15,18,23-26H2,3-6H3/t27-,31?,33+,34-,35+,36+,37+,41-/m0/s1. The first-order valence-corrected chi connectivity index (χ1v) is 19.5. The summed E-state index contributed by atoms with van der Waals surface area (Å²) in [5.41, 5.74) is 1.05. The van der Waals surface area contributed by atoms with E-state index < -0.39 is 47.7 Å². The van der Waals surface area contributed by atoms with Gasteiger partial charge in [0.25, 0.3) is 5.91 Å². The zero-order chi connectivity index (χ0) is 38.4. The van der Waals surface area contributed by atoms with Crippen LogP contribution in [0.3, 0.4) is 0 Å². The van der Waals surface area contributed by atoms with Gasteiger partial charge in [-0.1, -0.05) is 58.4 Å². The van der Waals surface area contributed by atoms with Crippen molar-refractivity contribution in [3.63, 3.8) is 0 Å². The molecular formula is C41H53BrN4O7. The summed E-state index contributed by atoms with van der Waals surface area (Å²) in [5, 5.41) is 9.83. The average Bonchev–Trinajstić information content (AvgIpc) is 3.77. The molecule has 53 heavy (non-hydrogen) atoms. The number of carbonyl (C=O) groups excluding carboxylic acids is 4. The van der Waals surface area contributed by atoms with Gasteiger partial charge < -0.3 is 34.2 Å². The van der Waals surface area contributed by atoms with Gasteiger partial charge >= 0.3 is 5.97 Å². The number of esters is 1. The smallest absolute Gasteiger partial charge is 0.313 e. The Hall–Kier alpha value is -4.00. The Bertz CT molecular complexity index is 1640. The number of anilines is 2. The molecule has 0 aliphatic carbocycles. The summed E-state index contributed by atoms with van der Waals surface area (Å²) in [6, 6.07) is 15.4. The summed E-state index contributed by atoms with van der Waals surface area (Å²) in [6.07, 6.45) is 3.12. The Morgan fingerprint density at radius 1 is 1.08 bits per heavy atom. The number of hydrogen-bond donors (Lipinski definition) is 1. The van der Waals surface area contributed by atoms with Crippen LogP contribution in [0.15, 0.2) is 79.9 Å². The molecule has 2 aromatic rings. The van der Waals surface area contributed by atoms with E-state index in [0.717, 1.165) is 18.8 Å². The van der Waals surface area contributed by atoms with Crippen molar-refractivity contribution >= 4 is 51.0 Å². The normalized spacial score (nSPS) is 25.4. The number of benzene rings is 2. The lowest BCUT2D eigenvalue weighted by atomic mass is 9.70. The molecule has 1 unspecified atom stereocenters. The van der Waals surface area contributed by atoms with Crippen LogP contribution in [0.5, 0.6) is 0 Å². The molecule has 5 rings (SSSR count). The summed E-state index contributed by atoms with van der Waals surface area (Å²) in [5.74, 6) is -3.48. The van der Waals surface area contributed by atoms with Crippen molar-refractivity contribution in [1.82, 2.24) is 9.80 Å². The van der Waals surface area contributed by atoms with Crippen LogP contribution in [0.25, 0.3) is 0 Å². The molecule has 2 aromatic carbocycles. The Morgan fingerprint density at radius 2 is 1.74 bits per heavy atom. The second kappa shape index (κ2) is 17.4. The number of aliphatic hydroxyl groups is 1. The number of amides is 3. The highest BCUT2D eigenvalue weighted by atomic mass is 79.9. The molecule has 286 valence electrons. The van der Waals surface area contributed by atoms with E-state index in [-0.39, 0.29) is 55.1 Å². The minimum absolute atomic E-state index is 0.108. The first kappa shape index (κ1) is 40.2. The molecule has 3 aliphatic rings. The minimum Gasteiger partial charge on any atom is -0.455 e. The quantitative estimate of drug-likeness (QED) is 0.123. The third-order valence-corrected chi connectivity index (χ3v) is 11.9. The maximum Gasteiger partial charge on any atom is 0.313 e. The molecule has 1 N–H and O–H groups in total. The van der Waals surface area contributed by atoms with Gasteiger partial charge in [0.05, 0.1) is 24.0 Å². The number of nitrogens with zero attached hydrogens (tertiary/aromatic N) is 4. The fourth-order valence-electron chi connectivity index (χ4n) is 8.31. The molecule has 0 saturated carbocycles. The van der Waals surface area contributed by atoms with E-state index >= 15 is 0 Å². The second-order valence-corrected chi connectivity index (χ2v) is 15.2. The van der Waals surface area contributed by atoms with E-state index in [1.807, 2.05) is 61.5 Å². The zero-order valence-electron chi connectivity index (χ0n) is 31.2. The lowest BCUT2D eigenvalue weighted by Crippen LogP contribution is -2.57. The van der Waals surface area contributed by atoms with Crippen LogP contribution >= 0.6 is 15.9 Å². The summed E-state index contributed by atoms with van der Waals surface area (Å²) in [6.45, 7) is 15.4. The molecule has 0 aromatic heterocycles. The van der Waals surface area contributed by atoms with Gasteiger partial charge in [-0.2, -0.15) is 0 Å². The molecule has 8 atom stereocenters. The first-order chi connectivity index (χ1) is 25.5. The number of alkyl halides is 1. The monoisotopic (exact) mass is 792 g/mol. The number of carbonyl (C=O) groups is 4. The largest absolute Gasteiger partial charge is 0.455 e. The molecule has 3 aliphatic heterocycles. The molecular weight excluding hydrogens is 740 g/mol. The van der Waals surface area contributed by atoms with Crippen molar-refractivity contribution in [1.29, 1.82) is 0 Å². The lowest BCUT2D eigenvalue weighted by molar-refractivity contribution is -0.164. The van der Waals surface area contributed by atoms with E-state index in [1.165, 1.54) is 4.90 Å². The Kier molecular flexibility index (Phi) is 13.2. The van der Waals surface area contributed by atoms with Crippen LogP contribution in [0.4, 0.5) is 11.4 Å². The summed E-state index contributed by atoms with van der Waals surface area (Å²) in [4.78, 5) is 63.7. The SMILES string of the molecule is C=CCCC(=O)N(C)[C@@H](C)[C@@H](OC(=O)[C@H]1[C@@H]2O[C@@]3(CC2Br)[C@@H]1C(=O)N(CCCO)[C@@H]3C(=O)N(CC=C)c1ccc(N(CC)CC)cc1)c1ccccc1. The van der Waals surface area contributed by atoms with Crippen molar-refractivity contribution < 1.29 is 33.8 Å². The van der Waals surface area contributed by atoms with Gasteiger partial charge in [0.15, 0.2) is 0 Å². The zero-order valence-corrected chi connectivity index (χ0v) is 32.8. The number of fused-ring (bicyclic) bond motifs is 1. The van der Waals surface area contributed by atoms with Gasteiger partial charge in [-0.3, -0.25) is 19.2 Å². The average molecular weight is 794 g/mol. The van der Waals surface area contributed by atoms with Gasteiger partial charge in [-0.25, -0.2) is 0 Å². The molecule has 3 amide bonds. The van der Waals surface area contributed by atoms with Crippen molar-refractivity contribution in [3.05, 3.63) is 85.5 Å². The van der Waals surface area contributed by atoms with E-state index in [9.17, 15) is 24.3 Å². The van der Waals surface area contributed by atoms with Crippen LogP contribution in [0, 0.1) is 11.8 Å². The van der Waals surface area contributed by atoms with Crippen molar-refractivity contribution in [2.45, 2.75) is 81.2 Å². The number of likely N-dealkylation sites (N-methyl/N-ethyl adjacent to an activating group) is 1. The van der Waals surface area contributed by atoms with E-state index in [0.29, 0.717) is 24.1 Å². The molecule has 3 saturated heterocycles. The number of allylic oxidation sites excluding steroid dienone is 1. The van der Waals surface area contributed by atoms with E-state index in [1.54, 1.807) is 29.0 Å². The fourth-order valence-corrected chi connectivity index (χ4v) is 9.26. The van der Waals surface area contributed by atoms with Crippen LogP contribution in [-0.4, -0.2) is 107 Å². The van der Waals surface area contributed by atoms with Crippen molar-refractivity contribution in [2.24, 2.45) is 11.8 Å². The van der Waals surface area contributed by atoms with Crippen LogP contribution in [-0.2, 0) is 28.7 Å². The summed E-state index contributed by atoms with van der Waals surface area (Å²) >= 11 is 3.75. The molecule has 0 radical (unpaired) electrons. The Morgan fingerprint density at radius 3 is 2.34 bits per heavy atom. The van der Waals surface area contributed by atoms with Crippen molar-refractivity contribution in [3.8, 4) is 0 Å². The highest BCUT2D eigenvalue weighted by molar-refractivity contribution is 9.09. The maximum atomic E-state index is 14.9. The number of halogens is 1. The Balaban J connectivity index is 1.50. The predicted molar refractivity (Wildman–Crippen MR) is 209 cm³/mol. The molecule has 3 heterocycles. The summed E-state index contributed by atoms with van der Waals surface area (Å²) in [7, 11) is 1.69. The molecule has 3 fully saturated rings. The number of rotatable bonds is 18. The first-order valence-electron chi connectivity index (χ1n) is 18.6. The highest BCUT2D eigenvalue weighted by Gasteiger charge is 2.77. The molecule has 1 spiro atoms. The van der Waals surface area contributed by atoms with Gasteiger partial charge in [0.1, 0.15) is 17.7 Å². The van der Waals surface area contributed by atoms with Gasteiger partial charge in [0, 0.05) is 62.5 Å². The number of hydrogen-bond acceptors (Lipinski definition) is 8. The van der Waals surface area contributed by atoms with E-state index in [4.69, 9.17) is 9.47 Å². The fraction of sp³-hybridized carbons (Fsp3) is 0.512. The van der Waals surface area contributed by atoms with Gasteiger partial charge in [-0.15, -0.1) is 13.2 Å². The minimum atomic E-state index is -1.32. The predicted octanol–water partition coefficient (Wildman–Crippen LogP) is 5.28. The topological polar surface area (TPSA) is 120 Å². The third kappa shape index (κ3) is 7.68. The number of aliphatic hydroxyl groups excluding tert-OH is 1. The van der Waals surface area contributed by atoms with Crippen molar-refractivity contribution in [2.75, 3.05) is 49.6 Å². The van der Waals surface area contributed by atoms with Gasteiger partial charge in [-0.05, 0) is 69.9 Å². The molecule has 11 nitrogen and oxygen atoms in total. The van der Waals surface area contributed by atoms with Crippen LogP contribution in [0.2, 0.25) is 0 Å². The van der Waals surface area contributed by atoms with E-state index in [2.05, 4.69) is 47.8 Å². The Labute approximate surface area is 321 Å². The van der Waals surface area contributed by atoms with Crippen LogP contribution in [0.1, 0.15) is 58.1 Å². The van der Waals surface area contributed by atoms with Gasteiger partial charge in [0.2, 0.25) is 11.8 Å². The lowest BCUT2D eigenvalue weighted by Gasteiger charge is -2.37. The number of likely N-dealkylation sites (tertiary alicyclic amines) is 1. The van der Waals surface area contributed by atoms with Crippen LogP contribution < -0.4 is 9.80 Å². The third-order valence-electron chi connectivity index (χ3n) is 11.1. The maximum absolute atomic E-state index is 14.9. The molecule has 12 heteroatoms. The second-order valence-electron chi connectivity index (χ2n) is 14.0. The number of ether oxygens (including phenoxy) is 2.